The Morgan fingerprint density at radius 2 is 2.24 bits per heavy atom. The van der Waals surface area contributed by atoms with Gasteiger partial charge >= 0.3 is 0 Å². The van der Waals surface area contributed by atoms with E-state index in [2.05, 4.69) is 41.3 Å². The van der Waals surface area contributed by atoms with E-state index in [0.717, 1.165) is 10.0 Å². The van der Waals surface area contributed by atoms with Gasteiger partial charge in [0.25, 0.3) is 5.69 Å². The molecule has 0 aliphatic rings. The third-order valence-electron chi connectivity index (χ3n) is 3.16. The molecule has 0 aliphatic heterocycles. The van der Waals surface area contributed by atoms with Gasteiger partial charge in [-0.15, -0.1) is 0 Å². The maximum absolute atomic E-state index is 11.0. The van der Waals surface area contributed by atoms with E-state index in [1.165, 1.54) is 6.07 Å². The molecule has 0 aliphatic carbocycles. The zero-order valence-corrected chi connectivity index (χ0v) is 13.6. The summed E-state index contributed by atoms with van der Waals surface area (Å²) in [7, 11) is 0. The fraction of sp³-hybridized carbons (Fsp3) is 0.250. The Bertz CT molecular complexity index is 567. The minimum Gasteiger partial charge on any atom is -0.312 e. The summed E-state index contributed by atoms with van der Waals surface area (Å²) in [5.74, 6) is 0.252. The molecule has 4 nitrogen and oxygen atoms in total. The van der Waals surface area contributed by atoms with Gasteiger partial charge in [-0.25, -0.2) is 0 Å². The Balaban J connectivity index is 2.73. The zero-order chi connectivity index (χ0) is 15.8. The predicted molar refractivity (Wildman–Crippen MR) is 90.1 cm³/mol. The van der Waals surface area contributed by atoms with Crippen LogP contribution in [0.5, 0.6) is 0 Å². The van der Waals surface area contributed by atoms with Crippen LogP contribution in [-0.2, 0) is 6.54 Å². The summed E-state index contributed by atoms with van der Waals surface area (Å²) in [5, 5.41) is 14.3. The number of rotatable bonds is 8. The average molecular weight is 351 g/mol. The lowest BCUT2D eigenvalue weighted by molar-refractivity contribution is -0.385. The summed E-state index contributed by atoms with van der Waals surface area (Å²) in [6, 6.07) is 4.98. The molecule has 5 heteroatoms. The first-order valence-corrected chi connectivity index (χ1v) is 7.38. The highest BCUT2D eigenvalue weighted by Crippen LogP contribution is 2.26. The van der Waals surface area contributed by atoms with Crippen molar-refractivity contribution in [1.29, 1.82) is 0 Å². The lowest BCUT2D eigenvalue weighted by atomic mass is 10.0. The molecule has 0 heterocycles. The Labute approximate surface area is 133 Å². The third-order valence-corrected chi connectivity index (χ3v) is 3.90. The first-order chi connectivity index (χ1) is 10.0. The Hall–Kier alpha value is -1.72. The Morgan fingerprint density at radius 1 is 1.52 bits per heavy atom. The van der Waals surface area contributed by atoms with Gasteiger partial charge < -0.3 is 5.32 Å². The Kier molecular flexibility index (Phi) is 7.05. The van der Waals surface area contributed by atoms with Gasteiger partial charge in [-0.1, -0.05) is 60.3 Å². The van der Waals surface area contributed by atoms with E-state index >= 15 is 0 Å². The SMILES string of the molecule is C=C/C=C(\C=C)[C@@H](C)CNCc1c(Br)cccc1[N+](=O)[O-]. The lowest BCUT2D eigenvalue weighted by Crippen LogP contribution is -2.22. The van der Waals surface area contributed by atoms with Crippen molar-refractivity contribution in [3.63, 3.8) is 0 Å². The highest BCUT2D eigenvalue weighted by molar-refractivity contribution is 9.10. The molecule has 0 spiro atoms. The van der Waals surface area contributed by atoms with Gasteiger partial charge in [-0.05, 0) is 17.6 Å². The number of nitrogens with one attached hydrogen (secondary N) is 1. The maximum Gasteiger partial charge on any atom is 0.275 e. The van der Waals surface area contributed by atoms with Crippen LogP contribution in [0.4, 0.5) is 5.69 Å². The topological polar surface area (TPSA) is 55.2 Å². The molecule has 1 aromatic rings. The standard InChI is InChI=1S/C16H19BrN2O2/c1-4-7-13(5-2)12(3)10-18-11-14-15(17)8-6-9-16(14)19(20)21/h4-9,12,18H,1-2,10-11H2,3H3/b13-7+/t12-/m0/s1. The highest BCUT2D eigenvalue weighted by atomic mass is 79.9. The monoisotopic (exact) mass is 350 g/mol. The number of benzene rings is 1. The van der Waals surface area contributed by atoms with Crippen molar-refractivity contribution >= 4 is 21.6 Å². The van der Waals surface area contributed by atoms with Gasteiger partial charge in [0.05, 0.1) is 10.5 Å². The molecule has 0 radical (unpaired) electrons. The van der Waals surface area contributed by atoms with Crippen molar-refractivity contribution in [1.82, 2.24) is 5.32 Å². The smallest absolute Gasteiger partial charge is 0.275 e. The molecule has 0 bridgehead atoms. The number of nitro benzene ring substituents is 1. The number of hydrogen-bond donors (Lipinski definition) is 1. The van der Waals surface area contributed by atoms with Crippen LogP contribution >= 0.6 is 15.9 Å². The zero-order valence-electron chi connectivity index (χ0n) is 12.0. The summed E-state index contributed by atoms with van der Waals surface area (Å²) in [4.78, 5) is 10.7. The second-order valence-electron chi connectivity index (χ2n) is 4.63. The first-order valence-electron chi connectivity index (χ1n) is 6.58. The quantitative estimate of drug-likeness (QED) is 0.430. The van der Waals surface area contributed by atoms with Crippen LogP contribution < -0.4 is 5.32 Å². The molecule has 1 aromatic carbocycles. The lowest BCUT2D eigenvalue weighted by Gasteiger charge is -2.14. The van der Waals surface area contributed by atoms with Crippen LogP contribution in [0.25, 0.3) is 0 Å². The molecule has 0 fully saturated rings. The van der Waals surface area contributed by atoms with Crippen molar-refractivity contribution in [2.75, 3.05) is 6.54 Å². The van der Waals surface area contributed by atoms with Gasteiger partial charge in [0.1, 0.15) is 0 Å². The van der Waals surface area contributed by atoms with E-state index in [1.54, 1.807) is 24.3 Å². The van der Waals surface area contributed by atoms with Crippen molar-refractivity contribution in [2.24, 2.45) is 5.92 Å². The highest BCUT2D eigenvalue weighted by Gasteiger charge is 2.16. The third kappa shape index (κ3) is 4.95. The van der Waals surface area contributed by atoms with E-state index in [0.29, 0.717) is 18.7 Å². The molecule has 0 unspecified atom stereocenters. The normalized spacial score (nSPS) is 12.8. The van der Waals surface area contributed by atoms with Gasteiger partial charge in [-0.3, -0.25) is 10.1 Å². The van der Waals surface area contributed by atoms with E-state index in [-0.39, 0.29) is 16.5 Å². The number of hydrogen-bond acceptors (Lipinski definition) is 3. The second kappa shape index (κ2) is 8.54. The van der Waals surface area contributed by atoms with Gasteiger partial charge in [0, 0.05) is 23.6 Å². The molecule has 112 valence electrons. The van der Waals surface area contributed by atoms with E-state index in [1.807, 2.05) is 6.08 Å². The Morgan fingerprint density at radius 3 is 2.81 bits per heavy atom. The van der Waals surface area contributed by atoms with Crippen LogP contribution in [0.3, 0.4) is 0 Å². The first kappa shape index (κ1) is 17.3. The number of halogens is 1. The molecule has 1 atom stereocenters. The number of nitrogens with zero attached hydrogens (tertiary/aromatic N) is 1. The minimum absolute atomic E-state index is 0.120. The van der Waals surface area contributed by atoms with Crippen LogP contribution in [0, 0.1) is 16.0 Å². The van der Waals surface area contributed by atoms with Gasteiger partial charge in [0.15, 0.2) is 0 Å². The molecule has 21 heavy (non-hydrogen) atoms. The fourth-order valence-electron chi connectivity index (χ4n) is 1.99. The molecule has 0 amide bonds. The molecular weight excluding hydrogens is 332 g/mol. The number of allylic oxidation sites excluding steroid dienone is 3. The summed E-state index contributed by atoms with van der Waals surface area (Å²) < 4.78 is 0.738. The van der Waals surface area contributed by atoms with Crippen molar-refractivity contribution < 1.29 is 4.92 Å². The van der Waals surface area contributed by atoms with Crippen LogP contribution in [0.1, 0.15) is 12.5 Å². The molecule has 0 saturated heterocycles. The van der Waals surface area contributed by atoms with Crippen molar-refractivity contribution in [2.45, 2.75) is 13.5 Å². The largest absolute Gasteiger partial charge is 0.312 e. The summed E-state index contributed by atoms with van der Waals surface area (Å²) in [6.45, 7) is 10.7. The van der Waals surface area contributed by atoms with E-state index < -0.39 is 0 Å². The van der Waals surface area contributed by atoms with E-state index in [4.69, 9.17) is 0 Å². The summed E-state index contributed by atoms with van der Waals surface area (Å²) >= 11 is 3.36. The summed E-state index contributed by atoms with van der Waals surface area (Å²) in [6.07, 6.45) is 5.45. The van der Waals surface area contributed by atoms with Crippen LogP contribution in [-0.4, -0.2) is 11.5 Å². The maximum atomic E-state index is 11.0. The average Bonchev–Trinajstić information content (AvgIpc) is 2.45. The van der Waals surface area contributed by atoms with Crippen LogP contribution in [0.15, 0.2) is 59.6 Å². The van der Waals surface area contributed by atoms with Crippen molar-refractivity contribution in [3.8, 4) is 0 Å². The molecule has 0 aromatic heterocycles. The number of nitro groups is 1. The molecule has 1 N–H and O–H groups in total. The van der Waals surface area contributed by atoms with Gasteiger partial charge in [-0.2, -0.15) is 0 Å². The second-order valence-corrected chi connectivity index (χ2v) is 5.49. The van der Waals surface area contributed by atoms with Crippen molar-refractivity contribution in [3.05, 3.63) is 75.3 Å². The molecular formula is C16H19BrN2O2. The predicted octanol–water partition coefficient (Wildman–Crippen LogP) is 4.38. The fourth-order valence-corrected chi connectivity index (χ4v) is 2.49. The molecule has 0 saturated carbocycles. The summed E-state index contributed by atoms with van der Waals surface area (Å²) in [5.41, 5.74) is 1.86. The minimum atomic E-state index is -0.363. The van der Waals surface area contributed by atoms with Crippen LogP contribution in [0.2, 0.25) is 0 Å². The van der Waals surface area contributed by atoms with Gasteiger partial charge in [0.2, 0.25) is 0 Å². The molecule has 1 rings (SSSR count). The van der Waals surface area contributed by atoms with E-state index in [9.17, 15) is 10.1 Å².